The van der Waals surface area contributed by atoms with E-state index in [4.69, 9.17) is 0 Å². The summed E-state index contributed by atoms with van der Waals surface area (Å²) >= 11 is 0. The van der Waals surface area contributed by atoms with Crippen LogP contribution in [0.15, 0.2) is 35.3 Å². The van der Waals surface area contributed by atoms with Gasteiger partial charge in [0.25, 0.3) is 5.56 Å². The number of fused-ring (bicyclic) bond motifs is 1. The molecular weight excluding hydrogens is 292 g/mol. The molecule has 1 aromatic carbocycles. The van der Waals surface area contributed by atoms with Crippen LogP contribution in [0.4, 0.5) is 0 Å². The molecule has 0 spiro atoms. The van der Waals surface area contributed by atoms with Crippen LogP contribution in [-0.4, -0.2) is 57.5 Å². The van der Waals surface area contributed by atoms with E-state index in [1.807, 2.05) is 29.2 Å². The van der Waals surface area contributed by atoms with Crippen molar-refractivity contribution in [2.75, 3.05) is 26.2 Å². The second kappa shape index (κ2) is 5.77. The van der Waals surface area contributed by atoms with Gasteiger partial charge in [-0.15, -0.1) is 0 Å². The van der Waals surface area contributed by atoms with Crippen molar-refractivity contribution >= 4 is 16.9 Å². The summed E-state index contributed by atoms with van der Waals surface area (Å²) < 4.78 is 1.53. The zero-order valence-electron chi connectivity index (χ0n) is 13.0. The van der Waals surface area contributed by atoms with Gasteiger partial charge in [-0.2, -0.15) is 0 Å². The number of piperazine rings is 1. The number of rotatable bonds is 3. The van der Waals surface area contributed by atoms with Crippen molar-refractivity contribution in [1.29, 1.82) is 0 Å². The first-order valence-electron chi connectivity index (χ1n) is 8.19. The van der Waals surface area contributed by atoms with Crippen molar-refractivity contribution in [3.05, 3.63) is 40.8 Å². The summed E-state index contributed by atoms with van der Waals surface area (Å²) in [7, 11) is 0. The molecule has 1 amide bonds. The lowest BCUT2D eigenvalue weighted by Gasteiger charge is -2.35. The highest BCUT2D eigenvalue weighted by Gasteiger charge is 2.32. The smallest absolute Gasteiger partial charge is 0.269 e. The molecule has 4 rings (SSSR count). The first kappa shape index (κ1) is 14.4. The topological polar surface area (TPSA) is 58.4 Å². The Balaban J connectivity index is 1.50. The third-order valence-electron chi connectivity index (χ3n) is 4.78. The monoisotopic (exact) mass is 312 g/mol. The van der Waals surface area contributed by atoms with Crippen molar-refractivity contribution < 1.29 is 4.79 Å². The van der Waals surface area contributed by atoms with Crippen LogP contribution in [0.25, 0.3) is 11.0 Å². The lowest BCUT2D eigenvalue weighted by molar-refractivity contribution is -0.133. The number of hydrogen-bond donors (Lipinski definition) is 0. The Morgan fingerprint density at radius 3 is 2.61 bits per heavy atom. The Kier molecular flexibility index (Phi) is 3.61. The maximum Gasteiger partial charge on any atom is 0.269 e. The number of benzene rings is 1. The molecule has 0 unspecified atom stereocenters. The van der Waals surface area contributed by atoms with Crippen molar-refractivity contribution in [2.24, 2.45) is 0 Å². The van der Waals surface area contributed by atoms with Gasteiger partial charge >= 0.3 is 0 Å². The largest absolute Gasteiger partial charge is 0.339 e. The van der Waals surface area contributed by atoms with Crippen molar-refractivity contribution in [3.8, 4) is 0 Å². The first-order chi connectivity index (χ1) is 11.2. The van der Waals surface area contributed by atoms with Gasteiger partial charge < -0.3 is 4.90 Å². The third kappa shape index (κ3) is 2.86. The van der Waals surface area contributed by atoms with E-state index in [0.717, 1.165) is 37.7 Å². The Hall–Kier alpha value is -2.21. The quantitative estimate of drug-likeness (QED) is 0.837. The van der Waals surface area contributed by atoms with Gasteiger partial charge in [-0.1, -0.05) is 12.1 Å². The van der Waals surface area contributed by atoms with E-state index in [1.54, 1.807) is 0 Å². The average molecular weight is 312 g/mol. The van der Waals surface area contributed by atoms with E-state index in [2.05, 4.69) is 9.88 Å². The lowest BCUT2D eigenvalue weighted by Crippen LogP contribution is -2.50. The van der Waals surface area contributed by atoms with Gasteiger partial charge in [0, 0.05) is 32.2 Å². The summed E-state index contributed by atoms with van der Waals surface area (Å²) in [6, 6.07) is 8.17. The molecule has 0 atom stereocenters. The molecule has 2 heterocycles. The van der Waals surface area contributed by atoms with Gasteiger partial charge in [-0.3, -0.25) is 19.1 Å². The minimum absolute atomic E-state index is 0.0129. The van der Waals surface area contributed by atoms with Crippen LogP contribution in [0.2, 0.25) is 0 Å². The predicted octanol–water partition coefficient (Wildman–Crippen LogP) is 0.703. The van der Waals surface area contributed by atoms with Gasteiger partial charge in [0.15, 0.2) is 0 Å². The number of para-hydroxylation sites is 2. The number of aromatic nitrogens is 2. The Morgan fingerprint density at radius 1 is 1.13 bits per heavy atom. The molecule has 1 aromatic heterocycles. The molecule has 0 radical (unpaired) electrons. The maximum atomic E-state index is 12.6. The molecule has 2 aliphatic rings. The highest BCUT2D eigenvalue weighted by atomic mass is 16.2. The van der Waals surface area contributed by atoms with Crippen LogP contribution in [0.5, 0.6) is 0 Å². The van der Waals surface area contributed by atoms with E-state index >= 15 is 0 Å². The van der Waals surface area contributed by atoms with Crippen LogP contribution in [-0.2, 0) is 11.3 Å². The van der Waals surface area contributed by atoms with E-state index in [9.17, 15) is 9.59 Å². The number of carbonyl (C=O) groups is 1. The molecule has 1 saturated heterocycles. The van der Waals surface area contributed by atoms with Gasteiger partial charge in [0.05, 0.1) is 17.2 Å². The summed E-state index contributed by atoms with van der Waals surface area (Å²) in [6.45, 7) is 3.50. The van der Waals surface area contributed by atoms with Crippen LogP contribution in [0, 0.1) is 0 Å². The Labute approximate surface area is 134 Å². The normalized spacial score (nSPS) is 19.2. The molecule has 1 aliphatic heterocycles. The minimum Gasteiger partial charge on any atom is -0.339 e. The standard InChI is InChI=1S/C17H20N4O2/c22-16-11-18-14-3-1-2-4-15(14)21(16)12-17(23)20-9-7-19(8-10-20)13-5-6-13/h1-4,11,13H,5-10,12H2. The molecule has 6 nitrogen and oxygen atoms in total. The summed E-state index contributed by atoms with van der Waals surface area (Å²) in [4.78, 5) is 33.2. The van der Waals surface area contributed by atoms with E-state index in [0.29, 0.717) is 5.52 Å². The number of nitrogens with zero attached hydrogens (tertiary/aromatic N) is 4. The second-order valence-electron chi connectivity index (χ2n) is 6.32. The molecular formula is C17H20N4O2. The molecule has 0 bridgehead atoms. The summed E-state index contributed by atoms with van der Waals surface area (Å²) in [5, 5.41) is 0. The van der Waals surface area contributed by atoms with Crippen molar-refractivity contribution in [1.82, 2.24) is 19.4 Å². The van der Waals surface area contributed by atoms with Crippen LogP contribution >= 0.6 is 0 Å². The molecule has 0 N–H and O–H groups in total. The lowest BCUT2D eigenvalue weighted by atomic mass is 10.2. The predicted molar refractivity (Wildman–Crippen MR) is 87.2 cm³/mol. The summed E-state index contributed by atoms with van der Waals surface area (Å²) in [5.74, 6) is 0.0129. The van der Waals surface area contributed by atoms with E-state index in [1.165, 1.54) is 23.6 Å². The van der Waals surface area contributed by atoms with Crippen LogP contribution in [0.1, 0.15) is 12.8 Å². The maximum absolute atomic E-state index is 12.6. The molecule has 1 saturated carbocycles. The highest BCUT2D eigenvalue weighted by molar-refractivity contribution is 5.80. The fourth-order valence-corrected chi connectivity index (χ4v) is 3.29. The van der Waals surface area contributed by atoms with Crippen molar-refractivity contribution in [3.63, 3.8) is 0 Å². The molecule has 23 heavy (non-hydrogen) atoms. The fraction of sp³-hybridized carbons (Fsp3) is 0.471. The first-order valence-corrected chi connectivity index (χ1v) is 8.19. The molecule has 6 heteroatoms. The number of amides is 1. The highest BCUT2D eigenvalue weighted by Crippen LogP contribution is 2.27. The minimum atomic E-state index is -0.228. The Bertz CT molecular complexity index is 789. The summed E-state index contributed by atoms with van der Waals surface area (Å²) in [6.07, 6.45) is 3.89. The van der Waals surface area contributed by atoms with Gasteiger partial charge in [-0.25, -0.2) is 4.98 Å². The number of hydrogen-bond acceptors (Lipinski definition) is 4. The zero-order chi connectivity index (χ0) is 15.8. The molecule has 1 aliphatic carbocycles. The van der Waals surface area contributed by atoms with E-state index < -0.39 is 0 Å². The number of carbonyl (C=O) groups excluding carboxylic acids is 1. The SMILES string of the molecule is O=C(Cn1c(=O)cnc2ccccc21)N1CCN(C2CC2)CC1. The van der Waals surface area contributed by atoms with Gasteiger partial charge in [-0.05, 0) is 25.0 Å². The molecule has 120 valence electrons. The second-order valence-corrected chi connectivity index (χ2v) is 6.32. The molecule has 2 aromatic rings. The van der Waals surface area contributed by atoms with Gasteiger partial charge in [0.1, 0.15) is 6.54 Å². The van der Waals surface area contributed by atoms with Gasteiger partial charge in [0.2, 0.25) is 5.91 Å². The summed E-state index contributed by atoms with van der Waals surface area (Å²) in [5.41, 5.74) is 1.22. The van der Waals surface area contributed by atoms with Crippen LogP contribution < -0.4 is 5.56 Å². The Morgan fingerprint density at radius 2 is 1.87 bits per heavy atom. The third-order valence-corrected chi connectivity index (χ3v) is 4.78. The van der Waals surface area contributed by atoms with Crippen molar-refractivity contribution in [2.45, 2.75) is 25.4 Å². The zero-order valence-corrected chi connectivity index (χ0v) is 13.0. The van der Waals surface area contributed by atoms with E-state index in [-0.39, 0.29) is 18.0 Å². The molecule has 2 fully saturated rings. The average Bonchev–Trinajstić information content (AvgIpc) is 3.42. The fourth-order valence-electron chi connectivity index (χ4n) is 3.29. The van der Waals surface area contributed by atoms with Crippen LogP contribution in [0.3, 0.4) is 0 Å².